The predicted molar refractivity (Wildman–Crippen MR) is 143 cm³/mol. The van der Waals surface area contributed by atoms with Gasteiger partial charge < -0.3 is 33.7 Å². The van der Waals surface area contributed by atoms with Gasteiger partial charge in [0.25, 0.3) is 5.56 Å². The molecule has 3 N–H and O–H groups in total. The smallest absolute Gasteiger partial charge is 0.270 e. The summed E-state index contributed by atoms with van der Waals surface area (Å²) in [4.78, 5) is 26.9. The average molecular weight is 538 g/mol. The summed E-state index contributed by atoms with van der Waals surface area (Å²) < 4.78 is 33.2. The molecule has 2 heterocycles. The molecule has 0 radical (unpaired) electrons. The number of nitrogens with one attached hydrogen (secondary N) is 3. The molecule has 11 nitrogen and oxygen atoms in total. The van der Waals surface area contributed by atoms with Gasteiger partial charge in [-0.15, -0.1) is 0 Å². The van der Waals surface area contributed by atoms with Crippen LogP contribution in [0.4, 0.5) is 5.82 Å². The predicted octanol–water partition coefficient (Wildman–Crippen LogP) is 3.71. The van der Waals surface area contributed by atoms with Crippen molar-refractivity contribution in [1.82, 2.24) is 10.2 Å². The van der Waals surface area contributed by atoms with Crippen LogP contribution in [0.15, 0.2) is 40.3 Å². The Balaban J connectivity index is 1.65. The van der Waals surface area contributed by atoms with Crippen LogP contribution >= 0.6 is 0 Å². The SMILES string of the molecule is COc1cc(OC)c([C@H]2C3=C(C[C@H](c4cc(OC)c(OC)c(OC)c4)CC3=O)Nc3[nH][nH]c(=O)c32)cc1OC. The molecule has 2 aliphatic rings. The van der Waals surface area contributed by atoms with E-state index in [-0.39, 0.29) is 23.7 Å². The number of ketones is 1. The maximum absolute atomic E-state index is 13.9. The summed E-state index contributed by atoms with van der Waals surface area (Å²) in [5, 5.41) is 8.88. The molecule has 3 aromatic rings. The highest BCUT2D eigenvalue weighted by molar-refractivity contribution is 6.01. The van der Waals surface area contributed by atoms with Crippen LogP contribution in [-0.2, 0) is 4.79 Å². The third kappa shape index (κ3) is 4.23. The van der Waals surface area contributed by atoms with Gasteiger partial charge in [-0.2, -0.15) is 0 Å². The minimum Gasteiger partial charge on any atom is -0.496 e. The van der Waals surface area contributed by atoms with Gasteiger partial charge in [-0.1, -0.05) is 0 Å². The van der Waals surface area contributed by atoms with E-state index in [1.165, 1.54) is 21.3 Å². The van der Waals surface area contributed by atoms with Gasteiger partial charge >= 0.3 is 0 Å². The summed E-state index contributed by atoms with van der Waals surface area (Å²) in [6.45, 7) is 0. The number of methoxy groups -OCH3 is 6. The van der Waals surface area contributed by atoms with Crippen molar-refractivity contribution < 1.29 is 33.2 Å². The molecule has 39 heavy (non-hydrogen) atoms. The summed E-state index contributed by atoms with van der Waals surface area (Å²) in [5.74, 6) is 2.47. The molecule has 1 aliphatic heterocycles. The first-order valence-electron chi connectivity index (χ1n) is 12.3. The maximum atomic E-state index is 13.9. The van der Waals surface area contributed by atoms with Gasteiger partial charge in [-0.25, -0.2) is 0 Å². The number of aromatic amines is 2. The molecule has 5 rings (SSSR count). The molecule has 0 saturated heterocycles. The number of benzene rings is 2. The second-order valence-electron chi connectivity index (χ2n) is 9.25. The summed E-state index contributed by atoms with van der Waals surface area (Å²) in [6.07, 6.45) is 0.737. The first kappa shape index (κ1) is 26.1. The van der Waals surface area contributed by atoms with Crippen molar-refractivity contribution in [2.24, 2.45) is 0 Å². The van der Waals surface area contributed by atoms with Gasteiger partial charge in [0.15, 0.2) is 28.8 Å². The third-order valence-electron chi connectivity index (χ3n) is 7.38. The Kier molecular flexibility index (Phi) is 6.90. The fourth-order valence-electron chi connectivity index (χ4n) is 5.58. The Morgan fingerprint density at radius 2 is 1.31 bits per heavy atom. The lowest BCUT2D eigenvalue weighted by atomic mass is 9.72. The topological polar surface area (TPSA) is 133 Å². The molecule has 2 atom stereocenters. The highest BCUT2D eigenvalue weighted by atomic mass is 16.5. The summed E-state index contributed by atoms with van der Waals surface area (Å²) in [5.41, 5.74) is 2.80. The van der Waals surface area contributed by atoms with Crippen LogP contribution in [0.5, 0.6) is 34.5 Å². The number of rotatable bonds is 8. The number of Topliss-reactive ketones (excluding diaryl/α,β-unsaturated/α-hetero) is 1. The van der Waals surface area contributed by atoms with Crippen molar-refractivity contribution >= 4 is 11.6 Å². The number of fused-ring (bicyclic) bond motifs is 1. The Hall–Kier alpha value is -4.54. The zero-order valence-corrected chi connectivity index (χ0v) is 22.6. The average Bonchev–Trinajstić information content (AvgIpc) is 3.33. The van der Waals surface area contributed by atoms with Crippen molar-refractivity contribution in [2.75, 3.05) is 48.0 Å². The standard InChI is InChI=1S/C28H31N3O8/c1-34-18-12-20(36-3)19(35-2)11-15(18)23-24-16(29-27-25(23)28(33)31-30-27)7-13(8-17(24)32)14-9-21(37-4)26(39-6)22(10-14)38-5/h9-13,23H,7-8H2,1-6H3,(H3,29,30,31,33)/t13-,23-/m0/s1. The zero-order valence-electron chi connectivity index (χ0n) is 22.6. The van der Waals surface area contributed by atoms with E-state index >= 15 is 0 Å². The summed E-state index contributed by atoms with van der Waals surface area (Å²) >= 11 is 0. The van der Waals surface area contributed by atoms with Crippen molar-refractivity contribution in [3.63, 3.8) is 0 Å². The Morgan fingerprint density at radius 1 is 0.692 bits per heavy atom. The van der Waals surface area contributed by atoms with Crippen LogP contribution in [-0.4, -0.2) is 58.6 Å². The lowest BCUT2D eigenvalue weighted by Crippen LogP contribution is -2.31. The van der Waals surface area contributed by atoms with Crippen molar-refractivity contribution in [3.05, 3.63) is 62.6 Å². The van der Waals surface area contributed by atoms with Gasteiger partial charge in [0.05, 0.1) is 54.1 Å². The first-order valence-corrected chi connectivity index (χ1v) is 12.3. The molecular formula is C28H31N3O8. The zero-order chi connectivity index (χ0) is 27.8. The highest BCUT2D eigenvalue weighted by Gasteiger charge is 2.42. The van der Waals surface area contributed by atoms with Gasteiger partial charge in [0.2, 0.25) is 5.75 Å². The number of aromatic nitrogens is 2. The number of ether oxygens (including phenoxy) is 6. The van der Waals surface area contributed by atoms with Crippen LogP contribution in [0.3, 0.4) is 0 Å². The number of carbonyl (C=O) groups is 1. The van der Waals surface area contributed by atoms with Gasteiger partial charge in [-0.3, -0.25) is 19.8 Å². The van der Waals surface area contributed by atoms with Crippen LogP contribution in [0.2, 0.25) is 0 Å². The van der Waals surface area contributed by atoms with Gasteiger partial charge in [-0.05, 0) is 36.1 Å². The molecule has 0 saturated carbocycles. The van der Waals surface area contributed by atoms with Crippen LogP contribution in [0.1, 0.15) is 41.4 Å². The third-order valence-corrected chi connectivity index (χ3v) is 7.38. The molecule has 2 aromatic carbocycles. The molecule has 0 amide bonds. The minimum absolute atomic E-state index is 0.0874. The maximum Gasteiger partial charge on any atom is 0.270 e. The second kappa shape index (κ2) is 10.3. The van der Waals surface area contributed by atoms with E-state index < -0.39 is 5.92 Å². The quantitative estimate of drug-likeness (QED) is 0.393. The van der Waals surface area contributed by atoms with Crippen molar-refractivity contribution in [3.8, 4) is 34.5 Å². The number of carbonyl (C=O) groups excluding carboxylic acids is 1. The fraction of sp³-hybridized carbons (Fsp3) is 0.357. The molecule has 1 aliphatic carbocycles. The summed E-state index contributed by atoms with van der Waals surface area (Å²) in [6, 6.07) is 7.19. The number of allylic oxidation sites excluding steroid dienone is 2. The monoisotopic (exact) mass is 537 g/mol. The summed E-state index contributed by atoms with van der Waals surface area (Å²) in [7, 11) is 9.26. The molecule has 1 aromatic heterocycles. The molecular weight excluding hydrogens is 506 g/mol. The number of H-pyrrole nitrogens is 2. The number of hydrogen-bond donors (Lipinski definition) is 3. The molecule has 0 spiro atoms. The second-order valence-corrected chi connectivity index (χ2v) is 9.25. The normalized spacial score (nSPS) is 18.1. The van der Waals surface area contributed by atoms with Crippen LogP contribution in [0.25, 0.3) is 0 Å². The van der Waals surface area contributed by atoms with Crippen molar-refractivity contribution in [1.29, 1.82) is 0 Å². The van der Waals surface area contributed by atoms with Crippen LogP contribution < -0.4 is 39.3 Å². The Morgan fingerprint density at radius 3 is 1.90 bits per heavy atom. The molecule has 11 heteroatoms. The Bertz CT molecular complexity index is 1490. The molecule has 0 bridgehead atoms. The lowest BCUT2D eigenvalue weighted by molar-refractivity contribution is -0.116. The van der Waals surface area contributed by atoms with Crippen molar-refractivity contribution in [2.45, 2.75) is 24.7 Å². The van der Waals surface area contributed by atoms with E-state index in [1.807, 2.05) is 12.1 Å². The molecule has 0 unspecified atom stereocenters. The highest BCUT2D eigenvalue weighted by Crippen LogP contribution is 2.51. The van der Waals surface area contributed by atoms with E-state index in [1.54, 1.807) is 33.5 Å². The number of anilines is 1. The van der Waals surface area contributed by atoms with E-state index in [2.05, 4.69) is 15.5 Å². The van der Waals surface area contributed by atoms with E-state index in [0.29, 0.717) is 63.4 Å². The van der Waals surface area contributed by atoms with Gasteiger partial charge in [0, 0.05) is 29.3 Å². The van der Waals surface area contributed by atoms with E-state index in [0.717, 1.165) is 11.3 Å². The lowest BCUT2D eigenvalue weighted by Gasteiger charge is -2.35. The van der Waals surface area contributed by atoms with E-state index in [9.17, 15) is 9.59 Å². The largest absolute Gasteiger partial charge is 0.496 e. The fourth-order valence-corrected chi connectivity index (χ4v) is 5.58. The molecule has 0 fully saturated rings. The van der Waals surface area contributed by atoms with Gasteiger partial charge in [0.1, 0.15) is 11.6 Å². The first-order chi connectivity index (χ1) is 18.9. The molecule has 206 valence electrons. The minimum atomic E-state index is -0.686. The van der Waals surface area contributed by atoms with Crippen LogP contribution in [0, 0.1) is 0 Å². The number of hydrogen-bond acceptors (Lipinski definition) is 9. The Labute approximate surface area is 225 Å². The van der Waals surface area contributed by atoms with E-state index in [4.69, 9.17) is 28.4 Å².